The maximum absolute atomic E-state index is 10.6. The lowest BCUT2D eigenvalue weighted by Gasteiger charge is -2.08. The summed E-state index contributed by atoms with van der Waals surface area (Å²) in [6, 6.07) is 17.0. The quantitative estimate of drug-likeness (QED) is 0.430. The minimum Gasteiger partial charge on any atom is -0.487 e. The van der Waals surface area contributed by atoms with Gasteiger partial charge in [0.1, 0.15) is 29.5 Å². The Kier molecular flexibility index (Phi) is 6.08. The van der Waals surface area contributed by atoms with Gasteiger partial charge in [0.2, 0.25) is 5.89 Å². The van der Waals surface area contributed by atoms with Gasteiger partial charge in [-0.3, -0.25) is 10.3 Å². The topological polar surface area (TPSA) is 93.8 Å². The van der Waals surface area contributed by atoms with Crippen LogP contribution >= 0.6 is 0 Å². The second-order valence-corrected chi connectivity index (χ2v) is 5.99. The Bertz CT molecular complexity index is 949. The Morgan fingerprint density at radius 2 is 1.86 bits per heavy atom. The van der Waals surface area contributed by atoms with E-state index in [0.717, 1.165) is 16.8 Å². The van der Waals surface area contributed by atoms with Crippen molar-refractivity contribution in [2.45, 2.75) is 20.1 Å². The molecule has 0 aliphatic carbocycles. The van der Waals surface area contributed by atoms with E-state index in [1.165, 1.54) is 0 Å². The standard InChI is InChI=1S/C21H20N2O5/c1-14(21(24)25)23-27-12-16-8-10-18(11-9-16)26-13-19-15(2)28-20(22-19)17-6-4-3-5-7-17/h3-11,23H,1,12-13H2,2H3,(H,24,25). The van der Waals surface area contributed by atoms with Crippen molar-refractivity contribution in [1.82, 2.24) is 10.5 Å². The molecule has 0 unspecified atom stereocenters. The van der Waals surface area contributed by atoms with Crippen LogP contribution in [-0.4, -0.2) is 16.1 Å². The Balaban J connectivity index is 1.53. The lowest BCUT2D eigenvalue weighted by atomic mass is 10.2. The van der Waals surface area contributed by atoms with Gasteiger partial charge >= 0.3 is 5.97 Å². The van der Waals surface area contributed by atoms with Gasteiger partial charge in [-0.15, -0.1) is 0 Å². The number of benzene rings is 2. The third-order valence-corrected chi connectivity index (χ3v) is 3.90. The molecule has 2 N–H and O–H groups in total. The summed E-state index contributed by atoms with van der Waals surface area (Å²) in [5, 5.41) is 8.68. The van der Waals surface area contributed by atoms with E-state index in [4.69, 9.17) is 19.1 Å². The summed E-state index contributed by atoms with van der Waals surface area (Å²) in [6.07, 6.45) is 0. The molecule has 1 aromatic heterocycles. The highest BCUT2D eigenvalue weighted by Gasteiger charge is 2.12. The molecule has 0 saturated carbocycles. The fraction of sp³-hybridized carbons (Fsp3) is 0.143. The van der Waals surface area contributed by atoms with Gasteiger partial charge in [-0.05, 0) is 36.8 Å². The van der Waals surface area contributed by atoms with E-state index in [0.29, 0.717) is 17.4 Å². The number of hydrogen-bond donors (Lipinski definition) is 2. The number of oxazole rings is 1. The summed E-state index contributed by atoms with van der Waals surface area (Å²) in [4.78, 5) is 20.2. The van der Waals surface area contributed by atoms with E-state index in [-0.39, 0.29) is 18.9 Å². The van der Waals surface area contributed by atoms with Crippen molar-refractivity contribution < 1.29 is 23.9 Å². The van der Waals surface area contributed by atoms with E-state index in [1.807, 2.05) is 49.4 Å². The molecule has 0 saturated heterocycles. The van der Waals surface area contributed by atoms with Crippen LogP contribution in [0.1, 0.15) is 17.0 Å². The first-order valence-corrected chi connectivity index (χ1v) is 8.56. The van der Waals surface area contributed by atoms with E-state index < -0.39 is 5.97 Å². The first-order chi connectivity index (χ1) is 13.5. The number of carboxylic acid groups (broad SMARTS) is 1. The first kappa shape index (κ1) is 19.2. The highest BCUT2D eigenvalue weighted by atomic mass is 16.6. The number of aromatic nitrogens is 1. The molecule has 144 valence electrons. The third-order valence-electron chi connectivity index (χ3n) is 3.90. The Hall–Kier alpha value is -3.58. The lowest BCUT2D eigenvalue weighted by molar-refractivity contribution is -0.134. The summed E-state index contributed by atoms with van der Waals surface area (Å²) in [6.45, 7) is 5.65. The zero-order valence-corrected chi connectivity index (χ0v) is 15.3. The molecular weight excluding hydrogens is 360 g/mol. The number of nitrogens with one attached hydrogen (secondary N) is 1. The molecular formula is C21H20N2O5. The molecule has 0 atom stereocenters. The molecule has 7 heteroatoms. The van der Waals surface area contributed by atoms with Crippen molar-refractivity contribution in [3.05, 3.63) is 83.9 Å². The average Bonchev–Trinajstić information content (AvgIpc) is 3.08. The van der Waals surface area contributed by atoms with Crippen LogP contribution < -0.4 is 10.2 Å². The molecule has 0 aliphatic rings. The number of carboxylic acids is 1. The van der Waals surface area contributed by atoms with Gasteiger partial charge in [-0.25, -0.2) is 9.78 Å². The molecule has 1 heterocycles. The van der Waals surface area contributed by atoms with Crippen molar-refractivity contribution in [3.63, 3.8) is 0 Å². The number of nitrogens with zero attached hydrogens (tertiary/aromatic N) is 1. The number of ether oxygens (including phenoxy) is 1. The van der Waals surface area contributed by atoms with Gasteiger partial charge in [-0.2, -0.15) is 0 Å². The maximum Gasteiger partial charge on any atom is 0.353 e. The van der Waals surface area contributed by atoms with Gasteiger partial charge in [0.05, 0.1) is 6.61 Å². The molecule has 7 nitrogen and oxygen atoms in total. The molecule has 0 aliphatic heterocycles. The number of hydroxylamine groups is 1. The number of rotatable bonds is 9. The Morgan fingerprint density at radius 1 is 1.14 bits per heavy atom. The smallest absolute Gasteiger partial charge is 0.353 e. The zero-order chi connectivity index (χ0) is 19.9. The fourth-order valence-electron chi connectivity index (χ4n) is 2.35. The molecule has 0 spiro atoms. The molecule has 2 aromatic carbocycles. The molecule has 0 amide bonds. The minimum atomic E-state index is -1.16. The van der Waals surface area contributed by atoms with Crippen molar-refractivity contribution in [2.24, 2.45) is 0 Å². The average molecular weight is 380 g/mol. The highest BCUT2D eigenvalue weighted by Crippen LogP contribution is 2.22. The van der Waals surface area contributed by atoms with Gasteiger partial charge in [0, 0.05) is 5.56 Å². The SMILES string of the molecule is C=C(NOCc1ccc(OCc2nc(-c3ccccc3)oc2C)cc1)C(=O)O. The maximum atomic E-state index is 10.6. The number of hydrogen-bond acceptors (Lipinski definition) is 6. The number of aliphatic carboxylic acids is 1. The van der Waals surface area contributed by atoms with E-state index in [1.54, 1.807) is 12.1 Å². The van der Waals surface area contributed by atoms with Crippen molar-refractivity contribution in [2.75, 3.05) is 0 Å². The van der Waals surface area contributed by atoms with Crippen LogP contribution in [-0.2, 0) is 22.8 Å². The van der Waals surface area contributed by atoms with Gasteiger partial charge < -0.3 is 14.3 Å². The van der Waals surface area contributed by atoms with Crippen molar-refractivity contribution in [1.29, 1.82) is 0 Å². The predicted molar refractivity (Wildman–Crippen MR) is 102 cm³/mol. The van der Waals surface area contributed by atoms with Crippen LogP contribution in [0.5, 0.6) is 5.75 Å². The van der Waals surface area contributed by atoms with E-state index >= 15 is 0 Å². The van der Waals surface area contributed by atoms with Crippen molar-refractivity contribution in [3.8, 4) is 17.2 Å². The van der Waals surface area contributed by atoms with Crippen molar-refractivity contribution >= 4 is 5.97 Å². The van der Waals surface area contributed by atoms with Crippen LogP contribution in [0.25, 0.3) is 11.5 Å². The first-order valence-electron chi connectivity index (χ1n) is 8.56. The zero-order valence-electron chi connectivity index (χ0n) is 15.3. The van der Waals surface area contributed by atoms with Gasteiger partial charge in [-0.1, -0.05) is 36.9 Å². The van der Waals surface area contributed by atoms with E-state index in [9.17, 15) is 4.79 Å². The second kappa shape index (κ2) is 8.88. The number of carbonyl (C=O) groups is 1. The molecule has 0 bridgehead atoms. The Labute approximate surface area is 162 Å². The highest BCUT2D eigenvalue weighted by molar-refractivity contribution is 5.84. The van der Waals surface area contributed by atoms with Crippen LogP contribution in [0.15, 0.2) is 71.3 Å². The monoisotopic (exact) mass is 380 g/mol. The van der Waals surface area contributed by atoms with Crippen LogP contribution in [0, 0.1) is 6.92 Å². The van der Waals surface area contributed by atoms with Crippen LogP contribution in [0.3, 0.4) is 0 Å². The predicted octanol–water partition coefficient (Wildman–Crippen LogP) is 3.85. The fourth-order valence-corrected chi connectivity index (χ4v) is 2.35. The minimum absolute atomic E-state index is 0.190. The van der Waals surface area contributed by atoms with Gasteiger partial charge in [0.15, 0.2) is 0 Å². The molecule has 3 aromatic rings. The normalized spacial score (nSPS) is 10.5. The summed E-state index contributed by atoms with van der Waals surface area (Å²) >= 11 is 0. The molecule has 0 radical (unpaired) electrons. The number of aryl methyl sites for hydroxylation is 1. The van der Waals surface area contributed by atoms with Crippen LogP contribution in [0.4, 0.5) is 0 Å². The summed E-state index contributed by atoms with van der Waals surface area (Å²) in [7, 11) is 0. The third kappa shape index (κ3) is 4.99. The summed E-state index contributed by atoms with van der Waals surface area (Å²) in [5.74, 6) is 0.797. The lowest BCUT2D eigenvalue weighted by Crippen LogP contribution is -2.19. The largest absolute Gasteiger partial charge is 0.487 e. The second-order valence-electron chi connectivity index (χ2n) is 5.99. The van der Waals surface area contributed by atoms with Crippen LogP contribution in [0.2, 0.25) is 0 Å². The van der Waals surface area contributed by atoms with Gasteiger partial charge in [0.25, 0.3) is 0 Å². The summed E-state index contributed by atoms with van der Waals surface area (Å²) in [5.41, 5.74) is 4.55. The van der Waals surface area contributed by atoms with E-state index in [2.05, 4.69) is 17.0 Å². The molecule has 3 rings (SSSR count). The molecule has 0 fully saturated rings. The Morgan fingerprint density at radius 3 is 2.54 bits per heavy atom. The summed E-state index contributed by atoms with van der Waals surface area (Å²) < 4.78 is 11.5. The molecule has 28 heavy (non-hydrogen) atoms.